The van der Waals surface area contributed by atoms with E-state index in [4.69, 9.17) is 10.2 Å². The Labute approximate surface area is 112 Å². The van der Waals surface area contributed by atoms with E-state index in [1.54, 1.807) is 0 Å². The topological polar surface area (TPSA) is 105 Å². The Morgan fingerprint density at radius 2 is 1.85 bits per heavy atom. The fourth-order valence-electron chi connectivity index (χ4n) is 1.71. The molecule has 20 heavy (non-hydrogen) atoms. The summed E-state index contributed by atoms with van der Waals surface area (Å²) in [5.74, 6) is -2.79. The lowest BCUT2D eigenvalue weighted by Gasteiger charge is -2.06. The minimum Gasteiger partial charge on any atom is -0.481 e. The van der Waals surface area contributed by atoms with Gasteiger partial charge in [-0.25, -0.2) is 13.9 Å². The van der Waals surface area contributed by atoms with E-state index < -0.39 is 17.8 Å². The Hall–Kier alpha value is -2.77. The first-order valence-electron chi connectivity index (χ1n) is 5.63. The summed E-state index contributed by atoms with van der Waals surface area (Å²) in [5, 5.41) is 24.9. The van der Waals surface area contributed by atoms with Crippen molar-refractivity contribution < 1.29 is 24.2 Å². The second-order valence-electron chi connectivity index (χ2n) is 3.97. The number of carbonyl (C=O) groups is 2. The van der Waals surface area contributed by atoms with Gasteiger partial charge in [-0.05, 0) is 24.3 Å². The van der Waals surface area contributed by atoms with Gasteiger partial charge in [-0.15, -0.1) is 5.10 Å². The van der Waals surface area contributed by atoms with E-state index in [1.165, 1.54) is 28.9 Å². The van der Waals surface area contributed by atoms with Crippen LogP contribution in [0.25, 0.3) is 11.3 Å². The van der Waals surface area contributed by atoms with Crippen LogP contribution in [-0.4, -0.2) is 37.1 Å². The molecule has 104 valence electrons. The molecule has 1 aromatic carbocycles. The Morgan fingerprint density at radius 3 is 2.40 bits per heavy atom. The lowest BCUT2D eigenvalue weighted by atomic mass is 10.1. The zero-order valence-electron chi connectivity index (χ0n) is 10.2. The molecule has 0 aliphatic heterocycles. The minimum absolute atomic E-state index is 0.0255. The molecular formula is C12H10FN3O4. The van der Waals surface area contributed by atoms with Gasteiger partial charge in [0.05, 0.1) is 13.0 Å². The van der Waals surface area contributed by atoms with Crippen molar-refractivity contribution >= 4 is 11.9 Å². The maximum atomic E-state index is 12.9. The van der Waals surface area contributed by atoms with Gasteiger partial charge in [-0.1, -0.05) is 5.21 Å². The van der Waals surface area contributed by atoms with Crippen LogP contribution in [0.15, 0.2) is 24.3 Å². The highest BCUT2D eigenvalue weighted by molar-refractivity contribution is 5.92. The van der Waals surface area contributed by atoms with Crippen molar-refractivity contribution in [2.45, 2.75) is 13.0 Å². The standard InChI is InChI=1S/C12H10FN3O4/c13-8-3-1-7(2-4-8)11-10(12(19)20)14-15-16(11)6-5-9(17)18/h1-4H,5-6H2,(H,17,18)(H,19,20). The van der Waals surface area contributed by atoms with Gasteiger partial charge in [0.25, 0.3) is 0 Å². The van der Waals surface area contributed by atoms with Crippen molar-refractivity contribution in [3.8, 4) is 11.3 Å². The Bertz CT molecular complexity index is 651. The smallest absolute Gasteiger partial charge is 0.358 e. The molecule has 0 unspecified atom stereocenters. The lowest BCUT2D eigenvalue weighted by molar-refractivity contribution is -0.137. The highest BCUT2D eigenvalue weighted by Crippen LogP contribution is 2.23. The zero-order valence-corrected chi connectivity index (χ0v) is 10.2. The van der Waals surface area contributed by atoms with Crippen molar-refractivity contribution in [3.63, 3.8) is 0 Å². The molecule has 2 rings (SSSR count). The molecule has 1 aromatic heterocycles. The van der Waals surface area contributed by atoms with Crippen molar-refractivity contribution in [2.75, 3.05) is 0 Å². The van der Waals surface area contributed by atoms with Gasteiger partial charge in [-0.2, -0.15) is 0 Å². The molecule has 0 spiro atoms. The summed E-state index contributed by atoms with van der Waals surface area (Å²) in [5.41, 5.74) is 0.250. The van der Waals surface area contributed by atoms with Gasteiger partial charge in [0.15, 0.2) is 5.69 Å². The van der Waals surface area contributed by atoms with E-state index in [9.17, 15) is 14.0 Å². The molecule has 0 atom stereocenters. The Balaban J connectivity index is 2.46. The summed E-state index contributed by atoms with van der Waals surface area (Å²) in [6.45, 7) is -0.0255. The van der Waals surface area contributed by atoms with Crippen LogP contribution in [0, 0.1) is 5.82 Å². The summed E-state index contributed by atoms with van der Waals surface area (Å²) in [4.78, 5) is 21.7. The van der Waals surface area contributed by atoms with Gasteiger partial charge >= 0.3 is 11.9 Å². The summed E-state index contributed by atoms with van der Waals surface area (Å²) in [6.07, 6.45) is -0.226. The van der Waals surface area contributed by atoms with Crippen LogP contribution in [-0.2, 0) is 11.3 Å². The fourth-order valence-corrected chi connectivity index (χ4v) is 1.71. The van der Waals surface area contributed by atoms with Gasteiger partial charge in [0.1, 0.15) is 11.5 Å². The number of aromatic carboxylic acids is 1. The van der Waals surface area contributed by atoms with Crippen LogP contribution < -0.4 is 0 Å². The van der Waals surface area contributed by atoms with Gasteiger partial charge < -0.3 is 10.2 Å². The third-order valence-electron chi connectivity index (χ3n) is 2.59. The number of carboxylic acid groups (broad SMARTS) is 2. The summed E-state index contributed by atoms with van der Waals surface area (Å²) in [7, 11) is 0. The van der Waals surface area contributed by atoms with Crippen molar-refractivity contribution in [1.82, 2.24) is 15.0 Å². The van der Waals surface area contributed by atoms with Crippen LogP contribution in [0.3, 0.4) is 0 Å². The van der Waals surface area contributed by atoms with E-state index in [0.29, 0.717) is 5.56 Å². The van der Waals surface area contributed by atoms with Crippen molar-refractivity contribution in [1.29, 1.82) is 0 Å². The highest BCUT2D eigenvalue weighted by atomic mass is 19.1. The average Bonchev–Trinajstić information content (AvgIpc) is 2.81. The second kappa shape index (κ2) is 5.47. The molecule has 1 heterocycles. The van der Waals surface area contributed by atoms with Crippen LogP contribution in [0.1, 0.15) is 16.9 Å². The molecule has 8 heteroatoms. The molecular weight excluding hydrogens is 269 g/mol. The number of aryl methyl sites for hydroxylation is 1. The van der Waals surface area contributed by atoms with Crippen LogP contribution >= 0.6 is 0 Å². The molecule has 2 aromatic rings. The number of hydrogen-bond acceptors (Lipinski definition) is 4. The first kappa shape index (κ1) is 13.7. The normalized spacial score (nSPS) is 10.4. The molecule has 0 bridgehead atoms. The molecule has 2 N–H and O–H groups in total. The highest BCUT2D eigenvalue weighted by Gasteiger charge is 2.20. The molecule has 0 fully saturated rings. The van der Waals surface area contributed by atoms with Crippen molar-refractivity contribution in [3.05, 3.63) is 35.8 Å². The number of aromatic nitrogens is 3. The van der Waals surface area contributed by atoms with Crippen LogP contribution in [0.5, 0.6) is 0 Å². The van der Waals surface area contributed by atoms with Gasteiger partial charge in [0.2, 0.25) is 0 Å². The van der Waals surface area contributed by atoms with Crippen LogP contribution in [0.4, 0.5) is 4.39 Å². The number of benzene rings is 1. The predicted octanol–water partition coefficient (Wildman–Crippen LogP) is 1.26. The van der Waals surface area contributed by atoms with E-state index in [1.807, 2.05) is 0 Å². The summed E-state index contributed by atoms with van der Waals surface area (Å²) in [6, 6.07) is 5.13. The number of halogens is 1. The number of rotatable bonds is 5. The maximum Gasteiger partial charge on any atom is 0.358 e. The van der Waals surface area contributed by atoms with Gasteiger partial charge in [0, 0.05) is 5.56 Å². The summed E-state index contributed by atoms with van der Waals surface area (Å²) >= 11 is 0. The maximum absolute atomic E-state index is 12.9. The quantitative estimate of drug-likeness (QED) is 0.853. The molecule has 7 nitrogen and oxygen atoms in total. The Kier molecular flexibility index (Phi) is 3.74. The number of aliphatic carboxylic acids is 1. The van der Waals surface area contributed by atoms with Gasteiger partial charge in [-0.3, -0.25) is 4.79 Å². The van der Waals surface area contributed by atoms with E-state index >= 15 is 0 Å². The minimum atomic E-state index is -1.29. The van der Waals surface area contributed by atoms with E-state index in [0.717, 1.165) is 0 Å². The molecule has 0 radical (unpaired) electrons. The molecule has 0 aliphatic rings. The summed E-state index contributed by atoms with van der Waals surface area (Å²) < 4.78 is 14.1. The number of carboxylic acids is 2. The first-order valence-corrected chi connectivity index (χ1v) is 5.63. The molecule has 0 saturated heterocycles. The SMILES string of the molecule is O=C(O)CCn1nnc(C(=O)O)c1-c1ccc(F)cc1. The second-order valence-corrected chi connectivity index (χ2v) is 3.97. The average molecular weight is 279 g/mol. The largest absolute Gasteiger partial charge is 0.481 e. The lowest BCUT2D eigenvalue weighted by Crippen LogP contribution is -2.08. The molecule has 0 amide bonds. The fraction of sp³-hybridized carbons (Fsp3) is 0.167. The third-order valence-corrected chi connectivity index (χ3v) is 2.59. The monoisotopic (exact) mass is 279 g/mol. The molecule has 0 saturated carbocycles. The van der Waals surface area contributed by atoms with E-state index in [-0.39, 0.29) is 24.4 Å². The predicted molar refractivity (Wildman–Crippen MR) is 64.6 cm³/mol. The zero-order chi connectivity index (χ0) is 14.7. The Morgan fingerprint density at radius 1 is 1.20 bits per heavy atom. The molecule has 0 aliphatic carbocycles. The number of hydrogen-bond donors (Lipinski definition) is 2. The van der Waals surface area contributed by atoms with Crippen molar-refractivity contribution in [2.24, 2.45) is 0 Å². The number of nitrogens with zero attached hydrogens (tertiary/aromatic N) is 3. The first-order chi connectivity index (χ1) is 9.49. The third kappa shape index (κ3) is 2.79. The van der Waals surface area contributed by atoms with Crippen LogP contribution in [0.2, 0.25) is 0 Å². The van der Waals surface area contributed by atoms with E-state index in [2.05, 4.69) is 10.3 Å².